The Hall–Kier alpha value is -0.890. The van der Waals surface area contributed by atoms with Gasteiger partial charge in [-0.05, 0) is 31.4 Å². The second kappa shape index (κ2) is 8.31. The molecule has 0 unspecified atom stereocenters. The van der Waals surface area contributed by atoms with Crippen molar-refractivity contribution >= 4 is 11.6 Å². The number of benzene rings is 1. The van der Waals surface area contributed by atoms with E-state index in [-0.39, 0.29) is 11.5 Å². The molecule has 0 fully saturated rings. The Labute approximate surface area is 121 Å². The van der Waals surface area contributed by atoms with E-state index in [2.05, 4.69) is 6.92 Å². The molecule has 0 aliphatic heterocycles. The predicted octanol–water partition coefficient (Wildman–Crippen LogP) is 5.35. The molecular formula is C16H25ClO2. The van der Waals surface area contributed by atoms with E-state index in [9.17, 15) is 10.2 Å². The van der Waals surface area contributed by atoms with E-state index in [1.165, 1.54) is 32.1 Å². The van der Waals surface area contributed by atoms with Gasteiger partial charge in [-0.3, -0.25) is 0 Å². The summed E-state index contributed by atoms with van der Waals surface area (Å²) in [7, 11) is 0. The number of halogens is 1. The van der Waals surface area contributed by atoms with Gasteiger partial charge in [0.05, 0.1) is 5.02 Å². The van der Waals surface area contributed by atoms with Gasteiger partial charge in [0.2, 0.25) is 0 Å². The molecule has 0 heterocycles. The molecule has 3 heteroatoms. The lowest BCUT2D eigenvalue weighted by atomic mass is 10.0. The molecule has 0 bridgehead atoms. The Bertz CT molecular complexity index is 402. The summed E-state index contributed by atoms with van der Waals surface area (Å²) < 4.78 is 0. The molecule has 0 atom stereocenters. The fourth-order valence-electron chi connectivity index (χ4n) is 2.30. The lowest BCUT2D eigenvalue weighted by Crippen LogP contribution is -1.91. The Balaban J connectivity index is 2.39. The minimum Gasteiger partial charge on any atom is -0.508 e. The van der Waals surface area contributed by atoms with Crippen LogP contribution in [0.15, 0.2) is 6.07 Å². The number of rotatable bonds is 8. The molecule has 0 spiro atoms. The summed E-state index contributed by atoms with van der Waals surface area (Å²) in [6, 6.07) is 1.62. The van der Waals surface area contributed by atoms with Gasteiger partial charge < -0.3 is 10.2 Å². The Morgan fingerprint density at radius 2 is 1.58 bits per heavy atom. The number of unbranched alkanes of at least 4 members (excludes halogenated alkanes) is 6. The number of hydrogen-bond donors (Lipinski definition) is 2. The highest BCUT2D eigenvalue weighted by Gasteiger charge is 2.13. The lowest BCUT2D eigenvalue weighted by molar-refractivity contribution is 0.435. The molecule has 0 aromatic heterocycles. The summed E-state index contributed by atoms with van der Waals surface area (Å²) >= 11 is 5.99. The zero-order chi connectivity index (χ0) is 14.3. The maximum Gasteiger partial charge on any atom is 0.141 e. The largest absolute Gasteiger partial charge is 0.508 e. The second-order valence-corrected chi connectivity index (χ2v) is 5.60. The molecule has 0 saturated carbocycles. The first kappa shape index (κ1) is 16.2. The highest BCUT2D eigenvalue weighted by molar-refractivity contribution is 6.33. The molecule has 108 valence electrons. The molecule has 19 heavy (non-hydrogen) atoms. The second-order valence-electron chi connectivity index (χ2n) is 5.23. The van der Waals surface area contributed by atoms with Crippen LogP contribution in [0.5, 0.6) is 11.5 Å². The van der Waals surface area contributed by atoms with E-state index in [0.29, 0.717) is 22.6 Å². The van der Waals surface area contributed by atoms with Crippen LogP contribution in [0.25, 0.3) is 0 Å². The molecule has 2 N–H and O–H groups in total. The SMILES string of the molecule is CCCCCCCCCc1c(O)cc(C)c(Cl)c1O. The van der Waals surface area contributed by atoms with Crippen LogP contribution in [-0.2, 0) is 6.42 Å². The van der Waals surface area contributed by atoms with Gasteiger partial charge in [0.25, 0.3) is 0 Å². The third-order valence-electron chi connectivity index (χ3n) is 3.53. The Kier molecular flexibility index (Phi) is 7.07. The van der Waals surface area contributed by atoms with Crippen LogP contribution in [0.2, 0.25) is 5.02 Å². The zero-order valence-electron chi connectivity index (χ0n) is 12.0. The van der Waals surface area contributed by atoms with Crippen molar-refractivity contribution in [3.63, 3.8) is 0 Å². The lowest BCUT2D eigenvalue weighted by Gasteiger charge is -2.11. The van der Waals surface area contributed by atoms with Crippen molar-refractivity contribution in [2.75, 3.05) is 0 Å². The van der Waals surface area contributed by atoms with Gasteiger partial charge >= 0.3 is 0 Å². The monoisotopic (exact) mass is 284 g/mol. The van der Waals surface area contributed by atoms with Crippen molar-refractivity contribution < 1.29 is 10.2 Å². The van der Waals surface area contributed by atoms with Crippen LogP contribution in [0.3, 0.4) is 0 Å². The summed E-state index contributed by atoms with van der Waals surface area (Å²) in [6.07, 6.45) is 9.19. The molecule has 0 saturated heterocycles. The molecule has 0 aliphatic rings. The van der Waals surface area contributed by atoms with Gasteiger partial charge in [0.15, 0.2) is 0 Å². The van der Waals surface area contributed by atoms with E-state index >= 15 is 0 Å². The smallest absolute Gasteiger partial charge is 0.141 e. The normalized spacial score (nSPS) is 10.9. The molecule has 1 aromatic carbocycles. The van der Waals surface area contributed by atoms with Gasteiger partial charge in [-0.25, -0.2) is 0 Å². The first-order chi connectivity index (χ1) is 9.07. The Morgan fingerprint density at radius 3 is 2.21 bits per heavy atom. The number of phenols is 2. The summed E-state index contributed by atoms with van der Waals surface area (Å²) in [5.41, 5.74) is 1.30. The maximum absolute atomic E-state index is 9.94. The highest BCUT2D eigenvalue weighted by Crippen LogP contribution is 2.37. The van der Waals surface area contributed by atoms with E-state index < -0.39 is 0 Å². The fraction of sp³-hybridized carbons (Fsp3) is 0.625. The van der Waals surface area contributed by atoms with Gasteiger partial charge in [0.1, 0.15) is 11.5 Å². The molecular weight excluding hydrogens is 260 g/mol. The topological polar surface area (TPSA) is 40.5 Å². The number of hydrogen-bond acceptors (Lipinski definition) is 2. The number of aromatic hydroxyl groups is 2. The third-order valence-corrected chi connectivity index (χ3v) is 4.01. The minimum absolute atomic E-state index is 0.0464. The van der Waals surface area contributed by atoms with Gasteiger partial charge in [-0.15, -0.1) is 0 Å². The van der Waals surface area contributed by atoms with Crippen molar-refractivity contribution in [3.05, 3.63) is 22.2 Å². The van der Waals surface area contributed by atoms with Gasteiger partial charge in [-0.2, -0.15) is 0 Å². The molecule has 0 amide bonds. The average Bonchev–Trinajstić information content (AvgIpc) is 2.38. The fourth-order valence-corrected chi connectivity index (χ4v) is 2.47. The molecule has 0 radical (unpaired) electrons. The number of aryl methyl sites for hydroxylation is 1. The van der Waals surface area contributed by atoms with Crippen molar-refractivity contribution in [2.24, 2.45) is 0 Å². The molecule has 1 rings (SSSR count). The van der Waals surface area contributed by atoms with Crippen molar-refractivity contribution in [1.82, 2.24) is 0 Å². The van der Waals surface area contributed by atoms with Crippen LogP contribution in [-0.4, -0.2) is 10.2 Å². The van der Waals surface area contributed by atoms with Gasteiger partial charge in [0, 0.05) is 5.56 Å². The first-order valence-corrected chi connectivity index (χ1v) is 7.65. The third kappa shape index (κ3) is 4.94. The average molecular weight is 285 g/mol. The zero-order valence-corrected chi connectivity index (χ0v) is 12.8. The minimum atomic E-state index is 0.0464. The summed E-state index contributed by atoms with van der Waals surface area (Å²) in [4.78, 5) is 0. The van der Waals surface area contributed by atoms with E-state index in [1.807, 2.05) is 0 Å². The van der Waals surface area contributed by atoms with Crippen LogP contribution < -0.4 is 0 Å². The van der Waals surface area contributed by atoms with Crippen molar-refractivity contribution in [3.8, 4) is 11.5 Å². The quantitative estimate of drug-likeness (QED) is 0.632. The van der Waals surface area contributed by atoms with E-state index in [1.54, 1.807) is 13.0 Å². The van der Waals surface area contributed by atoms with Crippen molar-refractivity contribution in [2.45, 2.75) is 65.2 Å². The number of phenolic OH excluding ortho intramolecular Hbond substituents is 2. The van der Waals surface area contributed by atoms with E-state index in [4.69, 9.17) is 11.6 Å². The summed E-state index contributed by atoms with van der Waals surface area (Å²) in [5, 5.41) is 20.1. The predicted molar refractivity (Wildman–Crippen MR) is 81.2 cm³/mol. The molecule has 0 aliphatic carbocycles. The van der Waals surface area contributed by atoms with Crippen LogP contribution >= 0.6 is 11.6 Å². The molecule has 2 nitrogen and oxygen atoms in total. The first-order valence-electron chi connectivity index (χ1n) is 7.27. The van der Waals surface area contributed by atoms with Crippen LogP contribution in [0.1, 0.15) is 63.0 Å². The highest BCUT2D eigenvalue weighted by atomic mass is 35.5. The van der Waals surface area contributed by atoms with Crippen LogP contribution in [0.4, 0.5) is 0 Å². The molecule has 1 aromatic rings. The van der Waals surface area contributed by atoms with Crippen molar-refractivity contribution in [1.29, 1.82) is 0 Å². The standard InChI is InChI=1S/C16H25ClO2/c1-3-4-5-6-7-8-9-10-13-14(18)11-12(2)15(17)16(13)19/h11,18-19H,3-10H2,1-2H3. The summed E-state index contributed by atoms with van der Waals surface area (Å²) in [6.45, 7) is 3.99. The van der Waals surface area contributed by atoms with E-state index in [0.717, 1.165) is 12.8 Å². The Morgan fingerprint density at radius 1 is 1.00 bits per heavy atom. The maximum atomic E-state index is 9.94. The summed E-state index contributed by atoms with van der Waals surface area (Å²) in [5.74, 6) is 0.204. The van der Waals surface area contributed by atoms with Gasteiger partial charge in [-0.1, -0.05) is 57.0 Å². The van der Waals surface area contributed by atoms with Crippen LogP contribution in [0, 0.1) is 6.92 Å².